The lowest BCUT2D eigenvalue weighted by Gasteiger charge is -2.32. The Morgan fingerprint density at radius 2 is 1.83 bits per heavy atom. The van der Waals surface area contributed by atoms with Crippen molar-refractivity contribution in [2.24, 2.45) is 0 Å². The first-order valence-corrected chi connectivity index (χ1v) is 11.3. The third kappa shape index (κ3) is 5.36. The van der Waals surface area contributed by atoms with Gasteiger partial charge in [0.15, 0.2) is 0 Å². The molecule has 0 bridgehead atoms. The van der Waals surface area contributed by atoms with Crippen LogP contribution in [0.15, 0.2) is 67.0 Å². The summed E-state index contributed by atoms with van der Waals surface area (Å²) in [5.74, 6) is -0.615. The second kappa shape index (κ2) is 10.9. The van der Waals surface area contributed by atoms with Crippen LogP contribution in [0, 0.1) is 13.8 Å². The normalized spacial score (nSPS) is 11.9. The number of nitrogens with zero attached hydrogens (tertiary/aromatic N) is 5. The van der Waals surface area contributed by atoms with Crippen LogP contribution in [0.5, 0.6) is 0 Å². The van der Waals surface area contributed by atoms with E-state index in [1.165, 1.54) is 4.90 Å². The molecule has 0 saturated heterocycles. The molecule has 180 valence electrons. The molecule has 0 aliphatic carbocycles. The Morgan fingerprint density at radius 3 is 2.57 bits per heavy atom. The van der Waals surface area contributed by atoms with Crippen LogP contribution in [-0.4, -0.2) is 52.1 Å². The van der Waals surface area contributed by atoms with Crippen LogP contribution in [0.25, 0.3) is 11.0 Å². The number of nitrogens with one attached hydrogen (secondary N) is 1. The molecule has 2 aromatic heterocycles. The molecule has 2 aromatic carbocycles. The van der Waals surface area contributed by atoms with Crippen molar-refractivity contribution in [2.75, 3.05) is 25.2 Å². The number of aromatic nitrogens is 4. The van der Waals surface area contributed by atoms with E-state index in [9.17, 15) is 9.59 Å². The van der Waals surface area contributed by atoms with E-state index in [1.807, 2.05) is 56.3 Å². The maximum atomic E-state index is 13.9. The van der Waals surface area contributed by atoms with Gasteiger partial charge >= 0.3 is 0 Å². The molecular weight excluding hydrogens is 444 g/mol. The Balaban J connectivity index is 1.78. The largest absolute Gasteiger partial charge is 0.383 e. The van der Waals surface area contributed by atoms with Crippen LogP contribution in [-0.2, 0) is 20.9 Å². The number of ether oxygens (including phenoxy) is 1. The lowest BCUT2D eigenvalue weighted by Crippen LogP contribution is -2.46. The van der Waals surface area contributed by atoms with E-state index in [2.05, 4.69) is 20.6 Å². The molecule has 1 atom stereocenters. The van der Waals surface area contributed by atoms with Gasteiger partial charge in [0, 0.05) is 31.7 Å². The summed E-state index contributed by atoms with van der Waals surface area (Å²) >= 11 is 0. The maximum absolute atomic E-state index is 13.9. The topological polar surface area (TPSA) is 102 Å². The van der Waals surface area contributed by atoms with Crippen molar-refractivity contribution < 1.29 is 14.3 Å². The molecule has 0 fully saturated rings. The first-order valence-electron chi connectivity index (χ1n) is 11.3. The summed E-state index contributed by atoms with van der Waals surface area (Å²) in [6, 6.07) is 15.7. The standard InChI is InChI=1S/C26H28N6O3/c1-18-8-9-21(16-19(18)2)32(24(33)17-31-23-7-5-4-6-22(23)29-30-31)25(20-10-12-27-13-11-20)26(34)28-14-15-35-3/h4-13,16,25H,14-15,17H2,1-3H3,(H,28,34)/t25-/m0/s1. The summed E-state index contributed by atoms with van der Waals surface area (Å²) in [6.45, 7) is 4.58. The highest BCUT2D eigenvalue weighted by Crippen LogP contribution is 2.30. The van der Waals surface area contributed by atoms with Crippen molar-refractivity contribution in [2.45, 2.75) is 26.4 Å². The Labute approximate surface area is 203 Å². The second-order valence-corrected chi connectivity index (χ2v) is 8.24. The molecule has 9 heteroatoms. The van der Waals surface area contributed by atoms with Gasteiger partial charge in [-0.15, -0.1) is 5.10 Å². The number of carbonyl (C=O) groups excluding carboxylic acids is 2. The van der Waals surface area contributed by atoms with Crippen LogP contribution >= 0.6 is 0 Å². The first kappa shape index (κ1) is 24.0. The van der Waals surface area contributed by atoms with Gasteiger partial charge in [-0.1, -0.05) is 23.4 Å². The third-order valence-electron chi connectivity index (χ3n) is 5.88. The molecule has 0 unspecified atom stereocenters. The molecule has 0 saturated carbocycles. The zero-order valence-corrected chi connectivity index (χ0v) is 20.0. The lowest BCUT2D eigenvalue weighted by atomic mass is 10.0. The number of amides is 2. The van der Waals surface area contributed by atoms with E-state index < -0.39 is 6.04 Å². The second-order valence-electron chi connectivity index (χ2n) is 8.24. The number of hydrogen-bond donors (Lipinski definition) is 1. The van der Waals surface area contributed by atoms with Crippen LogP contribution in [0.3, 0.4) is 0 Å². The average Bonchev–Trinajstić information content (AvgIpc) is 3.27. The van der Waals surface area contributed by atoms with Gasteiger partial charge in [0.1, 0.15) is 18.1 Å². The van der Waals surface area contributed by atoms with Crippen molar-refractivity contribution in [3.63, 3.8) is 0 Å². The van der Waals surface area contributed by atoms with Crippen LogP contribution in [0.4, 0.5) is 5.69 Å². The molecule has 0 aliphatic rings. The molecule has 0 spiro atoms. The van der Waals surface area contributed by atoms with Gasteiger partial charge < -0.3 is 10.1 Å². The quantitative estimate of drug-likeness (QED) is 0.376. The van der Waals surface area contributed by atoms with Gasteiger partial charge in [0.2, 0.25) is 11.8 Å². The average molecular weight is 473 g/mol. The van der Waals surface area contributed by atoms with Crippen molar-refractivity contribution in [1.29, 1.82) is 0 Å². The van der Waals surface area contributed by atoms with Crippen molar-refractivity contribution >= 4 is 28.5 Å². The molecule has 35 heavy (non-hydrogen) atoms. The van der Waals surface area contributed by atoms with Gasteiger partial charge in [0.25, 0.3) is 0 Å². The minimum absolute atomic E-state index is 0.0830. The Kier molecular flexibility index (Phi) is 7.47. The highest BCUT2D eigenvalue weighted by molar-refractivity contribution is 6.01. The predicted octanol–water partition coefficient (Wildman–Crippen LogP) is 2.98. The Hall–Kier alpha value is -4.11. The minimum atomic E-state index is -0.917. The number of fused-ring (bicyclic) bond motifs is 1. The van der Waals surface area contributed by atoms with E-state index in [-0.39, 0.29) is 18.4 Å². The molecule has 9 nitrogen and oxygen atoms in total. The van der Waals surface area contributed by atoms with Gasteiger partial charge in [-0.3, -0.25) is 19.5 Å². The molecule has 0 aliphatic heterocycles. The zero-order valence-electron chi connectivity index (χ0n) is 20.0. The van der Waals surface area contributed by atoms with Crippen LogP contribution < -0.4 is 10.2 Å². The fraction of sp³-hybridized carbons (Fsp3) is 0.269. The van der Waals surface area contributed by atoms with Gasteiger partial charge in [-0.05, 0) is 66.9 Å². The molecule has 4 aromatic rings. The summed E-state index contributed by atoms with van der Waals surface area (Å²) in [5.41, 5.74) is 4.80. The fourth-order valence-corrected chi connectivity index (χ4v) is 3.89. The number of anilines is 1. The molecule has 1 N–H and O–H groups in total. The number of para-hydroxylation sites is 1. The molecule has 2 amide bonds. The number of methoxy groups -OCH3 is 1. The number of hydrogen-bond acceptors (Lipinski definition) is 6. The predicted molar refractivity (Wildman–Crippen MR) is 133 cm³/mol. The number of carbonyl (C=O) groups is 2. The van der Waals surface area contributed by atoms with Gasteiger partial charge in [0.05, 0.1) is 12.1 Å². The number of rotatable bonds is 9. The van der Waals surface area contributed by atoms with E-state index in [4.69, 9.17) is 4.74 Å². The highest BCUT2D eigenvalue weighted by atomic mass is 16.5. The van der Waals surface area contributed by atoms with E-state index in [1.54, 1.807) is 36.3 Å². The fourth-order valence-electron chi connectivity index (χ4n) is 3.89. The SMILES string of the molecule is COCCNC(=O)[C@H](c1ccncc1)N(C(=O)Cn1nnc2ccccc21)c1ccc(C)c(C)c1. The minimum Gasteiger partial charge on any atom is -0.383 e. The van der Waals surface area contributed by atoms with E-state index in [0.29, 0.717) is 29.9 Å². The van der Waals surface area contributed by atoms with Crippen LogP contribution in [0.2, 0.25) is 0 Å². The van der Waals surface area contributed by atoms with Gasteiger partial charge in [-0.25, -0.2) is 4.68 Å². The molecule has 0 radical (unpaired) electrons. The van der Waals surface area contributed by atoms with Crippen molar-refractivity contribution in [3.05, 3.63) is 83.7 Å². The summed E-state index contributed by atoms with van der Waals surface area (Å²) in [5, 5.41) is 11.2. The Bertz CT molecular complexity index is 1320. The summed E-state index contributed by atoms with van der Waals surface area (Å²) < 4.78 is 6.64. The summed E-state index contributed by atoms with van der Waals surface area (Å²) in [4.78, 5) is 33.0. The number of pyridine rings is 1. The summed E-state index contributed by atoms with van der Waals surface area (Å²) in [6.07, 6.45) is 3.22. The van der Waals surface area contributed by atoms with E-state index in [0.717, 1.165) is 16.6 Å². The molecule has 4 rings (SSSR count). The highest BCUT2D eigenvalue weighted by Gasteiger charge is 2.33. The lowest BCUT2D eigenvalue weighted by molar-refractivity contribution is -0.127. The third-order valence-corrected chi connectivity index (χ3v) is 5.88. The van der Waals surface area contributed by atoms with Crippen molar-refractivity contribution in [3.8, 4) is 0 Å². The van der Waals surface area contributed by atoms with Crippen molar-refractivity contribution in [1.82, 2.24) is 25.3 Å². The first-order chi connectivity index (χ1) is 17.0. The van der Waals surface area contributed by atoms with Gasteiger partial charge in [-0.2, -0.15) is 0 Å². The molecular formula is C26H28N6O3. The molecule has 2 heterocycles. The summed E-state index contributed by atoms with van der Waals surface area (Å²) in [7, 11) is 1.57. The maximum Gasteiger partial charge on any atom is 0.249 e. The number of benzene rings is 2. The smallest absolute Gasteiger partial charge is 0.249 e. The van der Waals surface area contributed by atoms with E-state index >= 15 is 0 Å². The van der Waals surface area contributed by atoms with Crippen LogP contribution in [0.1, 0.15) is 22.7 Å². The number of aryl methyl sites for hydroxylation is 2. The zero-order chi connectivity index (χ0) is 24.8. The Morgan fingerprint density at radius 1 is 1.06 bits per heavy atom. The monoisotopic (exact) mass is 472 g/mol.